The molecule has 2 aromatic heterocycles. The predicted molar refractivity (Wildman–Crippen MR) is 130 cm³/mol. The summed E-state index contributed by atoms with van der Waals surface area (Å²) in [5.74, 6) is -0.877. The number of H-pyrrole nitrogens is 1. The van der Waals surface area contributed by atoms with Gasteiger partial charge in [0.1, 0.15) is 5.82 Å². The predicted octanol–water partition coefficient (Wildman–Crippen LogP) is 2.54. The summed E-state index contributed by atoms with van der Waals surface area (Å²) in [5, 5.41) is 2.16. The summed E-state index contributed by atoms with van der Waals surface area (Å²) in [6, 6.07) is 14.2. The highest BCUT2D eigenvalue weighted by atomic mass is 32.1. The summed E-state index contributed by atoms with van der Waals surface area (Å²) in [6.45, 7) is 1.41. The van der Waals surface area contributed by atoms with E-state index in [1.165, 1.54) is 34.1 Å². The molecule has 0 unspecified atom stereocenters. The monoisotopic (exact) mass is 492 g/mol. The van der Waals surface area contributed by atoms with E-state index >= 15 is 0 Å². The van der Waals surface area contributed by atoms with E-state index < -0.39 is 17.1 Å². The van der Waals surface area contributed by atoms with Crippen molar-refractivity contribution in [1.29, 1.82) is 0 Å². The molecule has 3 heterocycles. The molecule has 1 aliphatic rings. The minimum Gasteiger partial charge on any atom is -0.335 e. The number of thiophene rings is 1. The molecule has 0 spiro atoms. The molecule has 8 nitrogen and oxygen atoms in total. The van der Waals surface area contributed by atoms with Gasteiger partial charge in [0.25, 0.3) is 17.4 Å². The van der Waals surface area contributed by atoms with Gasteiger partial charge in [0.2, 0.25) is 0 Å². The molecule has 2 aromatic carbocycles. The molecule has 5 rings (SSSR count). The van der Waals surface area contributed by atoms with Crippen LogP contribution in [0.1, 0.15) is 25.6 Å². The topological polar surface area (TPSA) is 95.5 Å². The third kappa shape index (κ3) is 4.40. The number of halogens is 1. The van der Waals surface area contributed by atoms with Gasteiger partial charge in [-0.15, -0.1) is 11.3 Å². The fraction of sp³-hybridized carbons (Fsp3) is 0.200. The largest absolute Gasteiger partial charge is 0.335 e. The first-order valence-electron chi connectivity index (χ1n) is 11.0. The van der Waals surface area contributed by atoms with Crippen LogP contribution >= 0.6 is 11.3 Å². The van der Waals surface area contributed by atoms with Crippen molar-refractivity contribution in [3.63, 3.8) is 0 Å². The number of hydrogen-bond donors (Lipinski definition) is 1. The number of carbonyl (C=O) groups is 2. The minimum atomic E-state index is -0.656. The van der Waals surface area contributed by atoms with E-state index in [-0.39, 0.29) is 23.9 Å². The SMILES string of the molecule is O=C(c1ccc(F)c(Cn2c(=O)[nH]c(=O)c3ccccc32)c1)N1CCN(C(=O)c2cccs2)CC1. The van der Waals surface area contributed by atoms with Gasteiger partial charge < -0.3 is 9.80 Å². The summed E-state index contributed by atoms with van der Waals surface area (Å²) < 4.78 is 16.0. The number of para-hydroxylation sites is 1. The number of benzene rings is 2. The van der Waals surface area contributed by atoms with Crippen molar-refractivity contribution in [2.75, 3.05) is 26.2 Å². The average molecular weight is 493 g/mol. The Balaban J connectivity index is 1.35. The molecule has 1 N–H and O–H groups in total. The number of aromatic nitrogens is 2. The molecule has 1 fully saturated rings. The van der Waals surface area contributed by atoms with E-state index in [0.29, 0.717) is 47.5 Å². The quantitative estimate of drug-likeness (QED) is 0.474. The van der Waals surface area contributed by atoms with Crippen LogP contribution in [-0.2, 0) is 6.54 Å². The van der Waals surface area contributed by atoms with Crippen molar-refractivity contribution in [2.24, 2.45) is 0 Å². The number of carbonyl (C=O) groups excluding carboxylic acids is 2. The van der Waals surface area contributed by atoms with Crippen molar-refractivity contribution < 1.29 is 14.0 Å². The van der Waals surface area contributed by atoms with Crippen LogP contribution in [-0.4, -0.2) is 57.3 Å². The normalized spacial score (nSPS) is 13.9. The molecule has 35 heavy (non-hydrogen) atoms. The van der Waals surface area contributed by atoms with Gasteiger partial charge in [-0.1, -0.05) is 18.2 Å². The van der Waals surface area contributed by atoms with Gasteiger partial charge in [-0.25, -0.2) is 9.18 Å². The fourth-order valence-electron chi connectivity index (χ4n) is 4.25. The van der Waals surface area contributed by atoms with Crippen molar-refractivity contribution in [3.05, 3.63) is 103 Å². The summed E-state index contributed by atoms with van der Waals surface area (Å²) in [7, 11) is 0. The first-order chi connectivity index (χ1) is 16.9. The Labute approximate surface area is 202 Å². The van der Waals surface area contributed by atoms with E-state index in [1.54, 1.807) is 40.1 Å². The molecule has 4 aromatic rings. The second kappa shape index (κ2) is 9.30. The van der Waals surface area contributed by atoms with Crippen LogP contribution in [0.3, 0.4) is 0 Å². The second-order valence-corrected chi connectivity index (χ2v) is 9.18. The zero-order valence-corrected chi connectivity index (χ0v) is 19.4. The lowest BCUT2D eigenvalue weighted by molar-refractivity contribution is 0.0538. The Morgan fingerprint density at radius 2 is 1.63 bits per heavy atom. The van der Waals surface area contributed by atoms with Crippen LogP contribution in [0.5, 0.6) is 0 Å². The van der Waals surface area contributed by atoms with E-state index in [2.05, 4.69) is 4.98 Å². The maximum Gasteiger partial charge on any atom is 0.329 e. The number of nitrogens with zero attached hydrogens (tertiary/aromatic N) is 3. The molecule has 1 saturated heterocycles. The van der Waals surface area contributed by atoms with E-state index in [4.69, 9.17) is 0 Å². The number of piperazine rings is 1. The van der Waals surface area contributed by atoms with Crippen molar-refractivity contribution >= 4 is 34.1 Å². The lowest BCUT2D eigenvalue weighted by Gasteiger charge is -2.34. The van der Waals surface area contributed by atoms with Crippen LogP contribution in [0.15, 0.2) is 69.6 Å². The van der Waals surface area contributed by atoms with E-state index in [9.17, 15) is 23.6 Å². The van der Waals surface area contributed by atoms with Crippen molar-refractivity contribution in [3.8, 4) is 0 Å². The Bertz CT molecular complexity index is 1540. The third-order valence-corrected chi connectivity index (χ3v) is 6.97. The zero-order chi connectivity index (χ0) is 24.5. The van der Waals surface area contributed by atoms with Crippen LogP contribution in [0, 0.1) is 5.82 Å². The lowest BCUT2D eigenvalue weighted by Crippen LogP contribution is -2.50. The second-order valence-electron chi connectivity index (χ2n) is 8.23. The summed E-state index contributed by atoms with van der Waals surface area (Å²) in [5.41, 5.74) is -0.342. The molecule has 0 radical (unpaired) electrons. The van der Waals surface area contributed by atoms with Gasteiger partial charge >= 0.3 is 5.69 Å². The number of rotatable bonds is 4. The molecule has 178 valence electrons. The molecular formula is C25H21FN4O4S. The van der Waals surface area contributed by atoms with E-state index in [1.807, 2.05) is 11.4 Å². The van der Waals surface area contributed by atoms with Gasteiger partial charge in [0.05, 0.1) is 22.3 Å². The van der Waals surface area contributed by atoms with Crippen LogP contribution in [0.2, 0.25) is 0 Å². The summed E-state index contributed by atoms with van der Waals surface area (Å²) in [4.78, 5) is 56.5. The van der Waals surface area contributed by atoms with Gasteiger partial charge in [-0.05, 0) is 41.8 Å². The molecule has 0 bridgehead atoms. The molecule has 1 aliphatic heterocycles. The number of hydrogen-bond acceptors (Lipinski definition) is 5. The number of nitrogens with one attached hydrogen (secondary N) is 1. The highest BCUT2D eigenvalue weighted by molar-refractivity contribution is 7.12. The lowest BCUT2D eigenvalue weighted by atomic mass is 10.1. The minimum absolute atomic E-state index is 0.0465. The maximum atomic E-state index is 14.7. The van der Waals surface area contributed by atoms with Gasteiger partial charge in [0.15, 0.2) is 0 Å². The maximum absolute atomic E-state index is 14.7. The third-order valence-electron chi connectivity index (χ3n) is 6.11. The molecule has 0 aliphatic carbocycles. The van der Waals surface area contributed by atoms with Crippen LogP contribution < -0.4 is 11.2 Å². The van der Waals surface area contributed by atoms with Crippen LogP contribution in [0.4, 0.5) is 4.39 Å². The van der Waals surface area contributed by atoms with Crippen molar-refractivity contribution in [2.45, 2.75) is 6.54 Å². The average Bonchev–Trinajstić information content (AvgIpc) is 3.42. The summed E-state index contributed by atoms with van der Waals surface area (Å²) >= 11 is 1.38. The van der Waals surface area contributed by atoms with Gasteiger partial charge in [-0.3, -0.25) is 23.9 Å². The molecular weight excluding hydrogens is 471 g/mol. The first kappa shape index (κ1) is 22.7. The van der Waals surface area contributed by atoms with Gasteiger partial charge in [-0.2, -0.15) is 0 Å². The first-order valence-corrected chi connectivity index (χ1v) is 11.9. The highest BCUT2D eigenvalue weighted by Gasteiger charge is 2.26. The standard InChI is InChI=1S/C25H21FN4O4S/c26-19-8-7-16(23(32)28-9-11-29(12-10-28)24(33)21-6-3-13-35-21)14-17(19)15-30-20-5-2-1-4-18(20)22(31)27-25(30)34/h1-8,13-14H,9-12,15H2,(H,27,31,34). The Morgan fingerprint density at radius 1 is 0.914 bits per heavy atom. The molecule has 10 heteroatoms. The molecule has 0 atom stereocenters. The number of aromatic amines is 1. The Morgan fingerprint density at radius 3 is 2.34 bits per heavy atom. The smallest absolute Gasteiger partial charge is 0.329 e. The molecule has 2 amide bonds. The summed E-state index contributed by atoms with van der Waals surface area (Å²) in [6.07, 6.45) is 0. The van der Waals surface area contributed by atoms with E-state index in [0.717, 1.165) is 0 Å². The fourth-order valence-corrected chi connectivity index (χ4v) is 4.94. The number of amides is 2. The Hall–Kier alpha value is -4.05. The van der Waals surface area contributed by atoms with Crippen LogP contribution in [0.25, 0.3) is 10.9 Å². The Kier molecular flexibility index (Phi) is 6.04. The number of fused-ring (bicyclic) bond motifs is 1. The zero-order valence-electron chi connectivity index (χ0n) is 18.6. The van der Waals surface area contributed by atoms with Crippen molar-refractivity contribution in [1.82, 2.24) is 19.4 Å². The highest BCUT2D eigenvalue weighted by Crippen LogP contribution is 2.18. The van der Waals surface area contributed by atoms with Gasteiger partial charge in [0, 0.05) is 37.3 Å². The molecule has 0 saturated carbocycles.